The maximum atomic E-state index is 6.44. The van der Waals surface area contributed by atoms with Gasteiger partial charge in [0.2, 0.25) is 0 Å². The Morgan fingerprint density at radius 2 is 1.00 bits per heavy atom. The molecule has 2 aromatic heterocycles. The molecular formula is C47H30N2O. The minimum absolute atomic E-state index is 0.860. The molecule has 10 aromatic rings. The molecule has 0 amide bonds. The molecule has 0 aliphatic carbocycles. The van der Waals surface area contributed by atoms with Crippen LogP contribution in [0.5, 0.6) is 0 Å². The first-order valence-electron chi connectivity index (χ1n) is 16.9. The molecule has 0 aliphatic heterocycles. The van der Waals surface area contributed by atoms with Crippen LogP contribution in [0.4, 0.5) is 17.1 Å². The molecule has 2 heterocycles. The molecule has 0 unspecified atom stereocenters. The van der Waals surface area contributed by atoms with E-state index in [0.29, 0.717) is 0 Å². The molecule has 0 spiro atoms. The fourth-order valence-electron chi connectivity index (χ4n) is 7.38. The summed E-state index contributed by atoms with van der Waals surface area (Å²) in [5.41, 5.74) is 10.6. The second kappa shape index (κ2) is 11.5. The lowest BCUT2D eigenvalue weighted by Gasteiger charge is -2.26. The van der Waals surface area contributed by atoms with E-state index in [0.717, 1.165) is 49.9 Å². The Morgan fingerprint density at radius 1 is 0.380 bits per heavy atom. The van der Waals surface area contributed by atoms with Gasteiger partial charge in [0.05, 0.1) is 5.52 Å². The van der Waals surface area contributed by atoms with E-state index in [1.807, 2.05) is 12.3 Å². The van der Waals surface area contributed by atoms with Crippen LogP contribution in [0, 0.1) is 0 Å². The highest BCUT2D eigenvalue weighted by atomic mass is 16.3. The summed E-state index contributed by atoms with van der Waals surface area (Å²) in [4.78, 5) is 6.87. The average molecular weight is 639 g/mol. The van der Waals surface area contributed by atoms with Crippen molar-refractivity contribution in [2.75, 3.05) is 4.90 Å². The molecule has 0 atom stereocenters. The lowest BCUT2D eigenvalue weighted by atomic mass is 9.97. The summed E-state index contributed by atoms with van der Waals surface area (Å²) in [6.07, 6.45) is 1.82. The zero-order chi connectivity index (χ0) is 33.0. The van der Waals surface area contributed by atoms with E-state index in [-0.39, 0.29) is 0 Å². The summed E-state index contributed by atoms with van der Waals surface area (Å²) >= 11 is 0. The van der Waals surface area contributed by atoms with Gasteiger partial charge in [0.1, 0.15) is 11.2 Å². The summed E-state index contributed by atoms with van der Waals surface area (Å²) in [6, 6.07) is 62.8. The van der Waals surface area contributed by atoms with Gasteiger partial charge < -0.3 is 9.32 Å². The predicted molar refractivity (Wildman–Crippen MR) is 210 cm³/mol. The highest BCUT2D eigenvalue weighted by Crippen LogP contribution is 2.41. The van der Waals surface area contributed by atoms with Crippen LogP contribution in [0.3, 0.4) is 0 Å². The molecule has 8 aromatic carbocycles. The first kappa shape index (κ1) is 28.3. The summed E-state index contributed by atoms with van der Waals surface area (Å²) in [5.74, 6) is 0. The number of anilines is 3. The summed E-state index contributed by atoms with van der Waals surface area (Å²) in [5, 5.41) is 8.24. The van der Waals surface area contributed by atoms with Crippen molar-refractivity contribution in [2.45, 2.75) is 0 Å². The smallest absolute Gasteiger partial charge is 0.144 e. The van der Waals surface area contributed by atoms with Gasteiger partial charge in [-0.05, 0) is 117 Å². The molecular weight excluding hydrogens is 609 g/mol. The van der Waals surface area contributed by atoms with Crippen molar-refractivity contribution in [1.29, 1.82) is 0 Å². The van der Waals surface area contributed by atoms with Crippen molar-refractivity contribution < 1.29 is 4.42 Å². The van der Waals surface area contributed by atoms with Gasteiger partial charge in [0.15, 0.2) is 0 Å². The third-order valence-electron chi connectivity index (χ3n) is 9.90. The Hall–Kier alpha value is -6.71. The minimum atomic E-state index is 0.860. The lowest BCUT2D eigenvalue weighted by molar-refractivity contribution is 0.672. The van der Waals surface area contributed by atoms with Crippen LogP contribution >= 0.6 is 0 Å². The zero-order valence-electron chi connectivity index (χ0n) is 27.1. The minimum Gasteiger partial charge on any atom is -0.455 e. The highest BCUT2D eigenvalue weighted by Gasteiger charge is 2.17. The first-order valence-corrected chi connectivity index (χ1v) is 16.9. The van der Waals surface area contributed by atoms with Crippen molar-refractivity contribution in [2.24, 2.45) is 0 Å². The molecule has 0 saturated carbocycles. The van der Waals surface area contributed by atoms with Crippen LogP contribution < -0.4 is 4.90 Å². The number of nitrogens with zero attached hydrogens (tertiary/aromatic N) is 2. The quantitative estimate of drug-likeness (QED) is 0.176. The standard InChI is InChI=1S/C47H30N2O/c1-2-7-31(8-3-1)32-16-20-37(21-17-32)49(39-24-27-46-44(30-39)41-25-26-45-42(47(41)50-46)11-6-28-48-45)38-22-18-33(19-23-38)36-15-14-35-13-12-34-9-4-5-10-40(34)43(35)29-36/h1-30H. The van der Waals surface area contributed by atoms with Crippen LogP contribution in [-0.4, -0.2) is 4.98 Å². The van der Waals surface area contributed by atoms with Gasteiger partial charge in [-0.1, -0.05) is 103 Å². The van der Waals surface area contributed by atoms with E-state index in [9.17, 15) is 0 Å². The second-order valence-corrected chi connectivity index (χ2v) is 12.8. The van der Waals surface area contributed by atoms with Crippen LogP contribution in [-0.2, 0) is 0 Å². The number of rotatable bonds is 5. The maximum Gasteiger partial charge on any atom is 0.144 e. The molecule has 0 radical (unpaired) electrons. The number of aromatic nitrogens is 1. The molecule has 10 rings (SSSR count). The fourth-order valence-corrected chi connectivity index (χ4v) is 7.38. The average Bonchev–Trinajstić information content (AvgIpc) is 3.57. The molecule has 0 aliphatic rings. The van der Waals surface area contributed by atoms with Crippen molar-refractivity contribution in [3.63, 3.8) is 0 Å². The van der Waals surface area contributed by atoms with Gasteiger partial charge in [0.25, 0.3) is 0 Å². The van der Waals surface area contributed by atoms with E-state index in [4.69, 9.17) is 4.42 Å². The van der Waals surface area contributed by atoms with E-state index >= 15 is 0 Å². The lowest BCUT2D eigenvalue weighted by Crippen LogP contribution is -2.09. The van der Waals surface area contributed by atoms with Gasteiger partial charge in [0, 0.05) is 39.4 Å². The largest absolute Gasteiger partial charge is 0.455 e. The van der Waals surface area contributed by atoms with E-state index in [1.165, 1.54) is 43.8 Å². The Bertz CT molecular complexity index is 2850. The van der Waals surface area contributed by atoms with Crippen molar-refractivity contribution in [1.82, 2.24) is 4.98 Å². The number of furan rings is 1. The van der Waals surface area contributed by atoms with Crippen molar-refractivity contribution in [3.05, 3.63) is 182 Å². The third-order valence-corrected chi connectivity index (χ3v) is 9.90. The molecule has 0 N–H and O–H groups in total. The fraction of sp³-hybridized carbons (Fsp3) is 0. The topological polar surface area (TPSA) is 29.3 Å². The van der Waals surface area contributed by atoms with Crippen LogP contribution in [0.15, 0.2) is 187 Å². The zero-order valence-corrected chi connectivity index (χ0v) is 27.1. The Labute approximate surface area is 289 Å². The Balaban J connectivity index is 1.10. The highest BCUT2D eigenvalue weighted by molar-refractivity contribution is 6.15. The monoisotopic (exact) mass is 638 g/mol. The molecule has 50 heavy (non-hydrogen) atoms. The van der Waals surface area contributed by atoms with Gasteiger partial charge >= 0.3 is 0 Å². The Morgan fingerprint density at radius 3 is 1.80 bits per heavy atom. The van der Waals surface area contributed by atoms with Crippen LogP contribution in [0.2, 0.25) is 0 Å². The summed E-state index contributed by atoms with van der Waals surface area (Å²) < 4.78 is 6.44. The molecule has 3 nitrogen and oxygen atoms in total. The number of benzene rings is 8. The molecule has 3 heteroatoms. The van der Waals surface area contributed by atoms with E-state index in [2.05, 4.69) is 180 Å². The number of fused-ring (bicyclic) bond motifs is 8. The third kappa shape index (κ3) is 4.71. The maximum absolute atomic E-state index is 6.44. The number of hydrogen-bond donors (Lipinski definition) is 0. The summed E-state index contributed by atoms with van der Waals surface area (Å²) in [7, 11) is 0. The van der Waals surface area contributed by atoms with Crippen molar-refractivity contribution in [3.8, 4) is 22.3 Å². The van der Waals surface area contributed by atoms with Gasteiger partial charge in [-0.25, -0.2) is 0 Å². The first-order chi connectivity index (χ1) is 24.8. The van der Waals surface area contributed by atoms with Gasteiger partial charge in [-0.15, -0.1) is 0 Å². The Kier molecular flexibility index (Phi) is 6.49. The molecule has 234 valence electrons. The van der Waals surface area contributed by atoms with Gasteiger partial charge in [-0.2, -0.15) is 0 Å². The van der Waals surface area contributed by atoms with Gasteiger partial charge in [-0.3, -0.25) is 4.98 Å². The molecule has 0 fully saturated rings. The van der Waals surface area contributed by atoms with Crippen LogP contribution in [0.1, 0.15) is 0 Å². The second-order valence-electron chi connectivity index (χ2n) is 12.8. The van der Waals surface area contributed by atoms with E-state index in [1.54, 1.807) is 0 Å². The number of hydrogen-bond acceptors (Lipinski definition) is 3. The normalized spacial score (nSPS) is 11.6. The van der Waals surface area contributed by atoms with Crippen molar-refractivity contribution >= 4 is 71.4 Å². The van der Waals surface area contributed by atoms with E-state index < -0.39 is 0 Å². The number of pyridine rings is 1. The summed E-state index contributed by atoms with van der Waals surface area (Å²) in [6.45, 7) is 0. The molecule has 0 bridgehead atoms. The SMILES string of the molecule is c1ccc(-c2ccc(N(c3ccc(-c4ccc5ccc6ccccc6c5c4)cc3)c3ccc4oc5c6cccnc6ccc5c4c3)cc2)cc1. The van der Waals surface area contributed by atoms with Crippen LogP contribution in [0.25, 0.3) is 76.6 Å². The molecule has 0 saturated heterocycles. The predicted octanol–water partition coefficient (Wildman–Crippen LogP) is 13.2.